The number of rotatable bonds is 8. The number of thiophene rings is 1. The topological polar surface area (TPSA) is 43.4 Å². The van der Waals surface area contributed by atoms with E-state index in [0.29, 0.717) is 6.54 Å². The van der Waals surface area contributed by atoms with Gasteiger partial charge in [0, 0.05) is 23.2 Å². The zero-order valence-corrected chi connectivity index (χ0v) is 16.2. The number of para-hydroxylation sites is 1. The van der Waals surface area contributed by atoms with Gasteiger partial charge in [0.1, 0.15) is 5.01 Å². The molecule has 3 rings (SSSR count). The zero-order valence-electron chi connectivity index (χ0n) is 14.6. The van der Waals surface area contributed by atoms with E-state index in [1.54, 1.807) is 36.9 Å². The molecule has 6 heteroatoms. The molecule has 4 nitrogen and oxygen atoms in total. The van der Waals surface area contributed by atoms with Gasteiger partial charge >= 0.3 is 0 Å². The maximum Gasteiger partial charge on any atom is 0.165 e. The van der Waals surface area contributed by atoms with Crippen molar-refractivity contribution < 1.29 is 9.47 Å². The van der Waals surface area contributed by atoms with Gasteiger partial charge in [-0.1, -0.05) is 12.1 Å². The number of nitrogens with zero attached hydrogens (tertiary/aromatic N) is 1. The highest BCUT2D eigenvalue weighted by Crippen LogP contribution is 2.31. The Balaban J connectivity index is 1.79. The van der Waals surface area contributed by atoms with Gasteiger partial charge in [-0.2, -0.15) is 11.3 Å². The van der Waals surface area contributed by atoms with Crippen LogP contribution in [0.5, 0.6) is 11.5 Å². The molecule has 0 amide bonds. The van der Waals surface area contributed by atoms with E-state index in [2.05, 4.69) is 38.6 Å². The molecule has 0 radical (unpaired) electrons. The molecule has 25 heavy (non-hydrogen) atoms. The second-order valence-electron chi connectivity index (χ2n) is 5.75. The predicted octanol–water partition coefficient (Wildman–Crippen LogP) is 4.60. The molecule has 1 N–H and O–H groups in total. The third-order valence-electron chi connectivity index (χ3n) is 3.98. The first-order chi connectivity index (χ1) is 12.2. The summed E-state index contributed by atoms with van der Waals surface area (Å²) in [5, 5.41) is 11.2. The van der Waals surface area contributed by atoms with Crippen LogP contribution in [-0.4, -0.2) is 19.2 Å². The molecule has 0 saturated carbocycles. The summed E-state index contributed by atoms with van der Waals surface area (Å²) in [6.07, 6.45) is 0.919. The van der Waals surface area contributed by atoms with Crippen LogP contribution in [0.2, 0.25) is 0 Å². The van der Waals surface area contributed by atoms with Gasteiger partial charge in [-0.25, -0.2) is 4.98 Å². The average Bonchev–Trinajstić information content (AvgIpc) is 3.29. The molecule has 0 saturated heterocycles. The number of thiazole rings is 1. The number of benzene rings is 1. The predicted molar refractivity (Wildman–Crippen MR) is 104 cm³/mol. The fourth-order valence-electron chi connectivity index (χ4n) is 2.75. The van der Waals surface area contributed by atoms with Crippen LogP contribution in [-0.2, 0) is 13.0 Å². The Hall–Kier alpha value is -1.89. The van der Waals surface area contributed by atoms with Crippen LogP contribution < -0.4 is 14.8 Å². The lowest BCUT2D eigenvalue weighted by atomic mass is 10.1. The van der Waals surface area contributed by atoms with E-state index in [1.165, 1.54) is 5.56 Å². The van der Waals surface area contributed by atoms with Gasteiger partial charge in [-0.05, 0) is 41.8 Å². The lowest BCUT2D eigenvalue weighted by Crippen LogP contribution is -2.23. The lowest BCUT2D eigenvalue weighted by Gasteiger charge is -2.18. The Kier molecular flexibility index (Phi) is 6.07. The molecule has 0 aliphatic carbocycles. The summed E-state index contributed by atoms with van der Waals surface area (Å²) < 4.78 is 10.9. The number of aryl methyl sites for hydroxylation is 1. The first-order valence-electron chi connectivity index (χ1n) is 8.07. The Bertz CT molecular complexity index is 800. The molecule has 2 aromatic heterocycles. The minimum atomic E-state index is 0.171. The van der Waals surface area contributed by atoms with Crippen molar-refractivity contribution in [2.75, 3.05) is 14.2 Å². The molecule has 0 bridgehead atoms. The number of hydrogen-bond donors (Lipinski definition) is 1. The number of aromatic nitrogens is 1. The average molecular weight is 375 g/mol. The molecule has 1 atom stereocenters. The third-order valence-corrected chi connectivity index (χ3v) is 5.79. The molecule has 2 heterocycles. The minimum Gasteiger partial charge on any atom is -0.493 e. The van der Waals surface area contributed by atoms with E-state index >= 15 is 0 Å². The Morgan fingerprint density at radius 2 is 2.04 bits per heavy atom. The van der Waals surface area contributed by atoms with Crippen LogP contribution >= 0.6 is 22.7 Å². The third kappa shape index (κ3) is 4.39. The van der Waals surface area contributed by atoms with Gasteiger partial charge in [-0.15, -0.1) is 11.3 Å². The zero-order chi connectivity index (χ0) is 17.6. The van der Waals surface area contributed by atoms with Gasteiger partial charge in [0.2, 0.25) is 0 Å². The summed E-state index contributed by atoms with van der Waals surface area (Å²) in [7, 11) is 3.33. The molecule has 0 fully saturated rings. The van der Waals surface area contributed by atoms with Crippen molar-refractivity contribution >= 4 is 22.7 Å². The number of ether oxygens (including phenoxy) is 2. The summed E-state index contributed by atoms with van der Waals surface area (Å²) in [6, 6.07) is 8.30. The van der Waals surface area contributed by atoms with Gasteiger partial charge < -0.3 is 14.8 Å². The second kappa shape index (κ2) is 8.47. The monoisotopic (exact) mass is 374 g/mol. The summed E-state index contributed by atoms with van der Waals surface area (Å²) in [4.78, 5) is 4.68. The van der Waals surface area contributed by atoms with Crippen molar-refractivity contribution in [1.29, 1.82) is 0 Å². The Labute approximate surface area is 156 Å². The minimum absolute atomic E-state index is 0.171. The normalized spacial score (nSPS) is 12.1. The fourth-order valence-corrected chi connectivity index (χ4v) is 4.30. The maximum atomic E-state index is 5.54. The summed E-state index contributed by atoms with van der Waals surface area (Å²) >= 11 is 3.43. The largest absolute Gasteiger partial charge is 0.493 e. The SMILES string of the molecule is COc1cccc(CN[C@H](Cc2ccsc2)c2nc(C)cs2)c1OC. The van der Waals surface area contributed by atoms with E-state index in [9.17, 15) is 0 Å². The van der Waals surface area contributed by atoms with Crippen molar-refractivity contribution in [1.82, 2.24) is 10.3 Å². The quantitative estimate of drug-likeness (QED) is 0.626. The fraction of sp³-hybridized carbons (Fsp3) is 0.316. The second-order valence-corrected chi connectivity index (χ2v) is 7.42. The van der Waals surface area contributed by atoms with E-state index in [1.807, 2.05) is 19.1 Å². The van der Waals surface area contributed by atoms with E-state index in [0.717, 1.165) is 34.2 Å². The first kappa shape index (κ1) is 17.9. The summed E-state index contributed by atoms with van der Waals surface area (Å²) in [5.74, 6) is 1.53. The van der Waals surface area contributed by atoms with E-state index < -0.39 is 0 Å². The van der Waals surface area contributed by atoms with Crippen molar-refractivity contribution in [2.45, 2.75) is 25.9 Å². The summed E-state index contributed by atoms with van der Waals surface area (Å²) in [6.45, 7) is 2.72. The molecule has 1 aromatic carbocycles. The Morgan fingerprint density at radius 1 is 1.16 bits per heavy atom. The first-order valence-corrected chi connectivity index (χ1v) is 9.90. The van der Waals surface area contributed by atoms with Gasteiger partial charge in [-0.3, -0.25) is 0 Å². The van der Waals surface area contributed by atoms with Gasteiger partial charge in [0.05, 0.1) is 20.3 Å². The van der Waals surface area contributed by atoms with Crippen LogP contribution in [0.25, 0.3) is 0 Å². The standard InChI is InChI=1S/C19H22N2O2S2/c1-13-11-25-19(21-13)16(9-14-7-8-24-12-14)20-10-15-5-4-6-17(22-2)18(15)23-3/h4-8,11-12,16,20H,9-10H2,1-3H3/t16-/m1/s1. The smallest absolute Gasteiger partial charge is 0.165 e. The highest BCUT2D eigenvalue weighted by molar-refractivity contribution is 7.09. The van der Waals surface area contributed by atoms with Crippen LogP contribution in [0.1, 0.15) is 27.9 Å². The van der Waals surface area contributed by atoms with Gasteiger partial charge in [0.25, 0.3) is 0 Å². The van der Waals surface area contributed by atoms with E-state index in [-0.39, 0.29) is 6.04 Å². The van der Waals surface area contributed by atoms with Crippen molar-refractivity contribution in [3.8, 4) is 11.5 Å². The lowest BCUT2D eigenvalue weighted by molar-refractivity contribution is 0.349. The number of hydrogen-bond acceptors (Lipinski definition) is 6. The number of methoxy groups -OCH3 is 2. The molecule has 0 unspecified atom stereocenters. The molecule has 0 aliphatic heterocycles. The highest BCUT2D eigenvalue weighted by Gasteiger charge is 2.17. The molecule has 0 aliphatic rings. The molecular formula is C19H22N2O2S2. The van der Waals surface area contributed by atoms with Crippen molar-refractivity contribution in [2.24, 2.45) is 0 Å². The molecular weight excluding hydrogens is 352 g/mol. The molecule has 0 spiro atoms. The van der Waals surface area contributed by atoms with E-state index in [4.69, 9.17) is 9.47 Å². The van der Waals surface area contributed by atoms with Crippen LogP contribution in [0.4, 0.5) is 0 Å². The van der Waals surface area contributed by atoms with Crippen molar-refractivity contribution in [3.05, 3.63) is 62.2 Å². The number of nitrogens with one attached hydrogen (secondary N) is 1. The van der Waals surface area contributed by atoms with Gasteiger partial charge in [0.15, 0.2) is 11.5 Å². The van der Waals surface area contributed by atoms with Crippen molar-refractivity contribution in [3.63, 3.8) is 0 Å². The summed E-state index contributed by atoms with van der Waals surface area (Å²) in [5.41, 5.74) is 3.47. The Morgan fingerprint density at radius 3 is 2.68 bits per heavy atom. The highest BCUT2D eigenvalue weighted by atomic mass is 32.1. The molecule has 132 valence electrons. The van der Waals surface area contributed by atoms with Crippen LogP contribution in [0.3, 0.4) is 0 Å². The molecule has 3 aromatic rings. The maximum absolute atomic E-state index is 5.54. The van der Waals surface area contributed by atoms with Crippen LogP contribution in [0, 0.1) is 6.92 Å². The van der Waals surface area contributed by atoms with Crippen LogP contribution in [0.15, 0.2) is 40.4 Å².